The third kappa shape index (κ3) is 4.71. The number of imidazole rings is 1. The lowest BCUT2D eigenvalue weighted by atomic mass is 10.1. The van der Waals surface area contributed by atoms with E-state index < -0.39 is 0 Å². The molecule has 0 atom stereocenters. The number of nitriles is 1. The summed E-state index contributed by atoms with van der Waals surface area (Å²) in [5.41, 5.74) is 4.47. The lowest BCUT2D eigenvalue weighted by Crippen LogP contribution is -1.99. The van der Waals surface area contributed by atoms with E-state index in [4.69, 9.17) is 4.74 Å². The van der Waals surface area contributed by atoms with Crippen molar-refractivity contribution in [1.82, 2.24) is 9.97 Å². The number of fused-ring (bicyclic) bond motifs is 1. The lowest BCUT2D eigenvalue weighted by molar-refractivity contribution is 0.296. The van der Waals surface area contributed by atoms with Gasteiger partial charge in [0.25, 0.3) is 0 Å². The van der Waals surface area contributed by atoms with Crippen molar-refractivity contribution in [3.8, 4) is 11.8 Å². The summed E-state index contributed by atoms with van der Waals surface area (Å²) >= 11 is 7.02. The van der Waals surface area contributed by atoms with Crippen molar-refractivity contribution in [3.63, 3.8) is 0 Å². The van der Waals surface area contributed by atoms with Gasteiger partial charge >= 0.3 is 0 Å². The van der Waals surface area contributed by atoms with Crippen molar-refractivity contribution in [1.29, 1.82) is 5.26 Å². The predicted octanol–water partition coefficient (Wildman–Crippen LogP) is 7.18. The fourth-order valence-electron chi connectivity index (χ4n) is 3.14. The molecule has 1 aromatic heterocycles. The van der Waals surface area contributed by atoms with Gasteiger partial charge in [-0.15, -0.1) is 0 Å². The Balaban J connectivity index is 1.62. The van der Waals surface area contributed by atoms with Crippen LogP contribution in [0.15, 0.2) is 63.5 Å². The number of hydrogen-bond donors (Lipinski definition) is 1. The predicted molar refractivity (Wildman–Crippen MR) is 127 cm³/mol. The second-order valence-electron chi connectivity index (χ2n) is 6.97. The van der Waals surface area contributed by atoms with E-state index in [0.717, 1.165) is 22.2 Å². The Kier molecular flexibility index (Phi) is 6.21. The van der Waals surface area contributed by atoms with Crippen molar-refractivity contribution < 1.29 is 9.13 Å². The summed E-state index contributed by atoms with van der Waals surface area (Å²) in [5.74, 6) is 0.752. The molecule has 1 heterocycles. The molecule has 0 fully saturated rings. The molecule has 0 aliphatic rings. The molecular formula is C24H16Br2FN3O. The monoisotopic (exact) mass is 539 g/mol. The van der Waals surface area contributed by atoms with Crippen LogP contribution < -0.4 is 4.74 Å². The Morgan fingerprint density at radius 2 is 1.90 bits per heavy atom. The number of nitrogens with one attached hydrogen (secondary N) is 1. The van der Waals surface area contributed by atoms with Gasteiger partial charge in [0, 0.05) is 5.56 Å². The SMILES string of the molecule is Cc1ccc2nc(/C(C#N)=C\c3cc(Br)c(OCc4ccccc4F)c(Br)c3)[nH]c2c1. The van der Waals surface area contributed by atoms with Crippen LogP contribution in [-0.4, -0.2) is 9.97 Å². The van der Waals surface area contributed by atoms with Gasteiger partial charge in [0.05, 0.1) is 25.6 Å². The molecular weight excluding hydrogens is 525 g/mol. The van der Waals surface area contributed by atoms with Crippen LogP contribution in [0.2, 0.25) is 0 Å². The molecule has 0 saturated carbocycles. The van der Waals surface area contributed by atoms with Crippen molar-refractivity contribution in [2.24, 2.45) is 0 Å². The molecule has 0 saturated heterocycles. The number of allylic oxidation sites excluding steroid dienone is 1. The topological polar surface area (TPSA) is 61.7 Å². The smallest absolute Gasteiger partial charge is 0.149 e. The lowest BCUT2D eigenvalue weighted by Gasteiger charge is -2.12. The van der Waals surface area contributed by atoms with Crippen LogP contribution >= 0.6 is 31.9 Å². The summed E-state index contributed by atoms with van der Waals surface area (Å²) in [6.45, 7) is 2.10. The molecule has 154 valence electrons. The van der Waals surface area contributed by atoms with Gasteiger partial charge in [0.2, 0.25) is 0 Å². The van der Waals surface area contributed by atoms with Crippen LogP contribution in [-0.2, 0) is 6.61 Å². The molecule has 4 nitrogen and oxygen atoms in total. The zero-order valence-corrected chi connectivity index (χ0v) is 19.6. The number of hydrogen-bond acceptors (Lipinski definition) is 3. The highest BCUT2D eigenvalue weighted by Crippen LogP contribution is 2.36. The summed E-state index contributed by atoms with van der Waals surface area (Å²) in [5, 5.41) is 9.69. The minimum Gasteiger partial charge on any atom is -0.486 e. The van der Waals surface area contributed by atoms with Crippen molar-refractivity contribution in [2.45, 2.75) is 13.5 Å². The van der Waals surface area contributed by atoms with Gasteiger partial charge in [-0.3, -0.25) is 0 Å². The Labute approximate surface area is 195 Å². The third-order valence-electron chi connectivity index (χ3n) is 4.67. The maximum Gasteiger partial charge on any atom is 0.149 e. The fraction of sp³-hybridized carbons (Fsp3) is 0.0833. The zero-order valence-electron chi connectivity index (χ0n) is 16.4. The van der Waals surface area contributed by atoms with Crippen LogP contribution in [0, 0.1) is 24.1 Å². The van der Waals surface area contributed by atoms with Gasteiger partial charge in [-0.2, -0.15) is 5.26 Å². The molecule has 0 amide bonds. The molecule has 0 unspecified atom stereocenters. The number of aromatic nitrogens is 2. The van der Waals surface area contributed by atoms with E-state index >= 15 is 0 Å². The van der Waals surface area contributed by atoms with Crippen molar-refractivity contribution in [2.75, 3.05) is 0 Å². The molecule has 0 radical (unpaired) electrons. The second kappa shape index (κ2) is 9.04. The molecule has 4 aromatic rings. The largest absolute Gasteiger partial charge is 0.486 e. The van der Waals surface area contributed by atoms with Gasteiger partial charge in [-0.1, -0.05) is 24.3 Å². The Morgan fingerprint density at radius 1 is 1.16 bits per heavy atom. The molecule has 0 spiro atoms. The number of halogens is 3. The van der Waals surface area contributed by atoms with E-state index in [1.165, 1.54) is 6.07 Å². The maximum atomic E-state index is 13.8. The molecule has 0 aliphatic heterocycles. The van der Waals surface area contributed by atoms with Crippen LogP contribution in [0.3, 0.4) is 0 Å². The first-order valence-electron chi connectivity index (χ1n) is 9.38. The maximum absolute atomic E-state index is 13.8. The number of benzene rings is 3. The average molecular weight is 541 g/mol. The minimum absolute atomic E-state index is 0.0981. The van der Waals surface area contributed by atoms with Crippen molar-refractivity contribution in [3.05, 3.63) is 91.9 Å². The number of aryl methyl sites for hydroxylation is 1. The summed E-state index contributed by atoms with van der Waals surface area (Å²) in [4.78, 5) is 7.73. The van der Waals surface area contributed by atoms with Crippen LogP contribution in [0.4, 0.5) is 4.39 Å². The van der Waals surface area contributed by atoms with E-state index in [1.54, 1.807) is 24.3 Å². The standard InChI is InChI=1S/C24H16Br2FN3O/c1-14-6-7-21-22(8-14)30-24(29-21)17(12-28)9-15-10-18(25)23(19(26)11-15)31-13-16-4-2-3-5-20(16)27/h2-11H,13H2,1H3,(H,29,30)/b17-9-. The van der Waals surface area contributed by atoms with E-state index in [2.05, 4.69) is 47.9 Å². The summed E-state index contributed by atoms with van der Waals surface area (Å²) < 4.78 is 21.0. The Hall–Kier alpha value is -2.95. The first kappa shape index (κ1) is 21.3. The minimum atomic E-state index is -0.311. The zero-order chi connectivity index (χ0) is 22.0. The Morgan fingerprint density at radius 3 is 2.61 bits per heavy atom. The third-order valence-corrected chi connectivity index (χ3v) is 5.85. The van der Waals surface area contributed by atoms with Gasteiger partial charge in [0.1, 0.15) is 30.1 Å². The van der Waals surface area contributed by atoms with E-state index in [-0.39, 0.29) is 12.4 Å². The molecule has 31 heavy (non-hydrogen) atoms. The molecule has 1 N–H and O–H groups in total. The Bertz CT molecular complexity index is 1330. The van der Waals surface area contributed by atoms with Gasteiger partial charge in [-0.25, -0.2) is 9.37 Å². The van der Waals surface area contributed by atoms with Gasteiger partial charge < -0.3 is 9.72 Å². The normalized spacial score (nSPS) is 11.5. The van der Waals surface area contributed by atoms with E-state index in [1.807, 2.05) is 37.3 Å². The van der Waals surface area contributed by atoms with E-state index in [0.29, 0.717) is 31.7 Å². The number of ether oxygens (including phenoxy) is 1. The molecule has 0 aliphatic carbocycles. The summed E-state index contributed by atoms with van der Waals surface area (Å²) in [7, 11) is 0. The van der Waals surface area contributed by atoms with Gasteiger partial charge in [-0.05, 0) is 86.3 Å². The number of rotatable bonds is 5. The first-order chi connectivity index (χ1) is 14.9. The number of H-pyrrole nitrogens is 1. The van der Waals surface area contributed by atoms with E-state index in [9.17, 15) is 9.65 Å². The molecule has 7 heteroatoms. The van der Waals surface area contributed by atoms with Crippen LogP contribution in [0.5, 0.6) is 5.75 Å². The number of aromatic amines is 1. The molecule has 0 bridgehead atoms. The highest BCUT2D eigenvalue weighted by molar-refractivity contribution is 9.11. The van der Waals surface area contributed by atoms with Crippen molar-refractivity contribution >= 4 is 54.5 Å². The molecule has 3 aromatic carbocycles. The first-order valence-corrected chi connectivity index (χ1v) is 11.0. The highest BCUT2D eigenvalue weighted by Gasteiger charge is 2.13. The summed E-state index contributed by atoms with van der Waals surface area (Å²) in [6.07, 6.45) is 1.75. The summed E-state index contributed by atoms with van der Waals surface area (Å²) in [6, 6.07) is 18.3. The quantitative estimate of drug-likeness (QED) is 0.273. The van der Waals surface area contributed by atoms with Crippen LogP contribution in [0.25, 0.3) is 22.7 Å². The van der Waals surface area contributed by atoms with Crippen LogP contribution in [0.1, 0.15) is 22.5 Å². The van der Waals surface area contributed by atoms with Gasteiger partial charge in [0.15, 0.2) is 0 Å². The average Bonchev–Trinajstić information content (AvgIpc) is 3.15. The fourth-order valence-corrected chi connectivity index (χ4v) is 4.59. The highest BCUT2D eigenvalue weighted by atomic mass is 79.9. The number of nitrogens with zero attached hydrogens (tertiary/aromatic N) is 2. The second-order valence-corrected chi connectivity index (χ2v) is 8.68. The molecule has 4 rings (SSSR count).